The molecule has 144 valence electrons. The molecule has 2 aliphatic rings. The van der Waals surface area contributed by atoms with Crippen LogP contribution in [0.5, 0.6) is 5.75 Å². The molecular formula is C24H24FNO2. The summed E-state index contributed by atoms with van der Waals surface area (Å²) in [6, 6.07) is 12.5. The van der Waals surface area contributed by atoms with Crippen LogP contribution in [0.15, 0.2) is 66.3 Å². The number of nitrogens with zero attached hydrogens (tertiary/aromatic N) is 1. The Balaban J connectivity index is 1.54. The minimum atomic E-state index is -0.244. The molecule has 0 spiro atoms. The third kappa shape index (κ3) is 4.33. The van der Waals surface area contributed by atoms with E-state index >= 15 is 0 Å². The van der Waals surface area contributed by atoms with Gasteiger partial charge in [-0.15, -0.1) is 0 Å². The Bertz CT molecular complexity index is 915. The first-order valence-corrected chi connectivity index (χ1v) is 9.85. The van der Waals surface area contributed by atoms with Gasteiger partial charge >= 0.3 is 0 Å². The lowest BCUT2D eigenvalue weighted by atomic mass is 10.0. The van der Waals surface area contributed by atoms with Crippen LogP contribution in [0.1, 0.15) is 30.4 Å². The van der Waals surface area contributed by atoms with Gasteiger partial charge in [-0.3, -0.25) is 4.79 Å². The number of carbonyl (C=O) groups is 1. The highest BCUT2D eigenvalue weighted by Crippen LogP contribution is 2.30. The SMILES string of the molecule is O=C(CC1=CCCC=C1)N(CCc1ccc(F)cc1)c1ccc2c(c1)CCO2. The number of anilines is 1. The monoisotopic (exact) mass is 377 g/mol. The predicted molar refractivity (Wildman–Crippen MR) is 109 cm³/mol. The molecule has 0 fully saturated rings. The number of amides is 1. The summed E-state index contributed by atoms with van der Waals surface area (Å²) in [5.74, 6) is 0.748. The van der Waals surface area contributed by atoms with Crippen molar-refractivity contribution >= 4 is 11.6 Å². The average Bonchev–Trinajstić information content (AvgIpc) is 3.18. The summed E-state index contributed by atoms with van der Waals surface area (Å²) in [6.45, 7) is 1.25. The lowest BCUT2D eigenvalue weighted by Crippen LogP contribution is -2.33. The van der Waals surface area contributed by atoms with Gasteiger partial charge in [-0.25, -0.2) is 4.39 Å². The first-order valence-electron chi connectivity index (χ1n) is 9.85. The predicted octanol–water partition coefficient (Wildman–Crippen LogP) is 5.00. The first kappa shape index (κ1) is 18.5. The minimum absolute atomic E-state index is 0.0822. The Hall–Kier alpha value is -2.88. The molecule has 28 heavy (non-hydrogen) atoms. The lowest BCUT2D eigenvalue weighted by molar-refractivity contribution is -0.117. The Kier molecular flexibility index (Phi) is 5.56. The third-order valence-electron chi connectivity index (χ3n) is 5.25. The van der Waals surface area contributed by atoms with Crippen molar-refractivity contribution < 1.29 is 13.9 Å². The van der Waals surface area contributed by atoms with Gasteiger partial charge in [-0.2, -0.15) is 0 Å². The minimum Gasteiger partial charge on any atom is -0.493 e. The number of carbonyl (C=O) groups excluding carboxylic acids is 1. The fraction of sp³-hybridized carbons (Fsp3) is 0.292. The van der Waals surface area contributed by atoms with Gasteiger partial charge in [0.25, 0.3) is 0 Å². The molecule has 1 aliphatic heterocycles. The van der Waals surface area contributed by atoms with E-state index in [1.165, 1.54) is 12.1 Å². The van der Waals surface area contributed by atoms with Gasteiger partial charge in [-0.05, 0) is 66.3 Å². The summed E-state index contributed by atoms with van der Waals surface area (Å²) in [5, 5.41) is 0. The van der Waals surface area contributed by atoms with Gasteiger partial charge in [0.15, 0.2) is 0 Å². The molecule has 0 radical (unpaired) electrons. The number of ether oxygens (including phenoxy) is 1. The number of hydrogen-bond acceptors (Lipinski definition) is 2. The molecule has 0 unspecified atom stereocenters. The van der Waals surface area contributed by atoms with Gasteiger partial charge in [0.1, 0.15) is 11.6 Å². The molecular weight excluding hydrogens is 353 g/mol. The van der Waals surface area contributed by atoms with Crippen molar-refractivity contribution in [3.8, 4) is 5.75 Å². The fourth-order valence-corrected chi connectivity index (χ4v) is 3.70. The Morgan fingerprint density at radius 1 is 1.11 bits per heavy atom. The van der Waals surface area contributed by atoms with E-state index in [0.717, 1.165) is 47.4 Å². The molecule has 1 amide bonds. The largest absolute Gasteiger partial charge is 0.493 e. The molecule has 2 aromatic rings. The highest BCUT2D eigenvalue weighted by molar-refractivity contribution is 5.95. The quantitative estimate of drug-likeness (QED) is 0.709. The topological polar surface area (TPSA) is 29.5 Å². The molecule has 3 nitrogen and oxygen atoms in total. The second-order valence-corrected chi connectivity index (χ2v) is 7.25. The van der Waals surface area contributed by atoms with Crippen molar-refractivity contribution in [1.82, 2.24) is 0 Å². The van der Waals surface area contributed by atoms with Crippen molar-refractivity contribution in [2.24, 2.45) is 0 Å². The van der Waals surface area contributed by atoms with Crippen LogP contribution in [0.4, 0.5) is 10.1 Å². The van der Waals surface area contributed by atoms with Crippen molar-refractivity contribution in [2.45, 2.75) is 32.1 Å². The average molecular weight is 377 g/mol. The highest BCUT2D eigenvalue weighted by Gasteiger charge is 2.20. The normalized spacial score (nSPS) is 15.0. The zero-order valence-electron chi connectivity index (χ0n) is 15.9. The van der Waals surface area contributed by atoms with E-state index in [1.807, 2.05) is 17.0 Å². The molecule has 1 aliphatic carbocycles. The van der Waals surface area contributed by atoms with Crippen molar-refractivity contribution in [2.75, 3.05) is 18.1 Å². The summed E-state index contributed by atoms with van der Waals surface area (Å²) in [5.41, 5.74) is 4.14. The van der Waals surface area contributed by atoms with E-state index in [0.29, 0.717) is 26.0 Å². The Morgan fingerprint density at radius 2 is 1.96 bits per heavy atom. The first-order chi connectivity index (χ1) is 13.7. The molecule has 4 rings (SSSR count). The number of allylic oxidation sites excluding steroid dienone is 3. The summed E-state index contributed by atoms with van der Waals surface area (Å²) >= 11 is 0. The maximum absolute atomic E-state index is 13.2. The van der Waals surface area contributed by atoms with Crippen LogP contribution in [-0.4, -0.2) is 19.1 Å². The van der Waals surface area contributed by atoms with E-state index in [-0.39, 0.29) is 11.7 Å². The van der Waals surface area contributed by atoms with E-state index < -0.39 is 0 Å². The molecule has 0 saturated heterocycles. The fourth-order valence-electron chi connectivity index (χ4n) is 3.70. The van der Waals surface area contributed by atoms with Crippen molar-refractivity contribution in [1.29, 1.82) is 0 Å². The molecule has 0 atom stereocenters. The summed E-state index contributed by atoms with van der Waals surface area (Å²) in [6.07, 6.45) is 10.3. The molecule has 1 heterocycles. The van der Waals surface area contributed by atoms with Crippen LogP contribution < -0.4 is 9.64 Å². The summed E-state index contributed by atoms with van der Waals surface area (Å²) < 4.78 is 18.8. The maximum atomic E-state index is 13.2. The third-order valence-corrected chi connectivity index (χ3v) is 5.25. The lowest BCUT2D eigenvalue weighted by Gasteiger charge is -2.24. The van der Waals surface area contributed by atoms with Gasteiger partial charge in [0, 0.05) is 18.7 Å². The molecule has 0 bridgehead atoms. The molecule has 2 aromatic carbocycles. The number of rotatable bonds is 6. The van der Waals surface area contributed by atoms with E-state index in [2.05, 4.69) is 24.3 Å². The Labute approximate surface area is 165 Å². The van der Waals surface area contributed by atoms with Crippen LogP contribution in [-0.2, 0) is 17.6 Å². The van der Waals surface area contributed by atoms with Crippen molar-refractivity contribution in [3.63, 3.8) is 0 Å². The maximum Gasteiger partial charge on any atom is 0.231 e. The van der Waals surface area contributed by atoms with E-state index in [4.69, 9.17) is 4.74 Å². The highest BCUT2D eigenvalue weighted by atomic mass is 19.1. The smallest absolute Gasteiger partial charge is 0.231 e. The van der Waals surface area contributed by atoms with E-state index in [1.54, 1.807) is 12.1 Å². The van der Waals surface area contributed by atoms with E-state index in [9.17, 15) is 9.18 Å². The van der Waals surface area contributed by atoms with Gasteiger partial charge in [-0.1, -0.05) is 30.4 Å². The zero-order valence-corrected chi connectivity index (χ0v) is 15.9. The van der Waals surface area contributed by atoms with Gasteiger partial charge in [0.05, 0.1) is 13.0 Å². The zero-order chi connectivity index (χ0) is 19.3. The van der Waals surface area contributed by atoms with Crippen LogP contribution in [0.2, 0.25) is 0 Å². The number of fused-ring (bicyclic) bond motifs is 1. The van der Waals surface area contributed by atoms with Gasteiger partial charge in [0.2, 0.25) is 5.91 Å². The summed E-state index contributed by atoms with van der Waals surface area (Å²) in [4.78, 5) is 15.0. The molecule has 0 saturated carbocycles. The van der Waals surface area contributed by atoms with Crippen LogP contribution in [0, 0.1) is 5.82 Å². The van der Waals surface area contributed by atoms with Crippen LogP contribution in [0.3, 0.4) is 0 Å². The molecule has 0 aromatic heterocycles. The van der Waals surface area contributed by atoms with Crippen LogP contribution in [0.25, 0.3) is 0 Å². The number of benzene rings is 2. The second-order valence-electron chi connectivity index (χ2n) is 7.25. The standard InChI is InChI=1S/C24H24FNO2/c25-21-8-6-18(7-9-21)12-14-26(24(27)16-19-4-2-1-3-5-19)22-10-11-23-20(17-22)13-15-28-23/h2,4-11,17H,1,3,12-16H2. The molecule has 0 N–H and O–H groups in total. The summed E-state index contributed by atoms with van der Waals surface area (Å²) in [7, 11) is 0. The second kappa shape index (κ2) is 8.42. The Morgan fingerprint density at radius 3 is 2.75 bits per heavy atom. The number of halogens is 1. The van der Waals surface area contributed by atoms with Gasteiger partial charge < -0.3 is 9.64 Å². The van der Waals surface area contributed by atoms with Crippen LogP contribution >= 0.6 is 0 Å². The molecule has 4 heteroatoms. The number of hydrogen-bond donors (Lipinski definition) is 0. The van der Waals surface area contributed by atoms with Crippen molar-refractivity contribution in [3.05, 3.63) is 83.2 Å².